The van der Waals surface area contributed by atoms with Crippen LogP contribution in [0.25, 0.3) is 6.08 Å². The van der Waals surface area contributed by atoms with Crippen molar-refractivity contribution in [3.63, 3.8) is 0 Å². The number of halogens is 1. The lowest BCUT2D eigenvalue weighted by Gasteiger charge is -2.25. The van der Waals surface area contributed by atoms with Crippen molar-refractivity contribution in [2.45, 2.75) is 40.3 Å². The Morgan fingerprint density at radius 3 is 2.42 bits per heavy atom. The summed E-state index contributed by atoms with van der Waals surface area (Å²) >= 11 is 4.84. The van der Waals surface area contributed by atoms with Crippen LogP contribution in [0.5, 0.6) is 23.0 Å². The summed E-state index contributed by atoms with van der Waals surface area (Å²) in [6.45, 7) is 7.73. The number of thiazole rings is 1. The second-order valence-corrected chi connectivity index (χ2v) is 13.0. The van der Waals surface area contributed by atoms with Crippen molar-refractivity contribution in [2.24, 2.45) is 4.99 Å². The summed E-state index contributed by atoms with van der Waals surface area (Å²) in [6.07, 6.45) is 1.75. The van der Waals surface area contributed by atoms with Crippen LogP contribution in [0.1, 0.15) is 49.1 Å². The Morgan fingerprint density at radius 2 is 1.72 bits per heavy atom. The van der Waals surface area contributed by atoms with Gasteiger partial charge in [0.05, 0.1) is 49.3 Å². The normalized spacial score (nSPS) is 14.1. The van der Waals surface area contributed by atoms with E-state index < -0.39 is 18.0 Å². The number of aryl methyl sites for hydroxylation is 1. The van der Waals surface area contributed by atoms with Gasteiger partial charge in [0.25, 0.3) is 5.56 Å². The second kappa shape index (κ2) is 16.2. The quantitative estimate of drug-likeness (QED) is 0.165. The lowest BCUT2D eigenvalue weighted by atomic mass is 9.95. The molecule has 0 radical (unpaired) electrons. The number of hydrogen-bond donors (Lipinski definition) is 0. The maximum absolute atomic E-state index is 14.3. The molecule has 0 unspecified atom stereocenters. The lowest BCUT2D eigenvalue weighted by Crippen LogP contribution is -2.40. The summed E-state index contributed by atoms with van der Waals surface area (Å²) in [7, 11) is 2.83. The van der Waals surface area contributed by atoms with Gasteiger partial charge in [-0.2, -0.15) is 0 Å². The molecule has 11 nitrogen and oxygen atoms in total. The largest absolute Gasteiger partial charge is 0.493 e. The van der Waals surface area contributed by atoms with E-state index in [-0.39, 0.29) is 24.3 Å². The fourth-order valence-corrected chi connectivity index (χ4v) is 6.90. The molecule has 1 atom stereocenters. The highest BCUT2D eigenvalue weighted by atomic mass is 79.9. The van der Waals surface area contributed by atoms with Crippen LogP contribution < -0.4 is 33.8 Å². The molecule has 0 bridgehead atoms. The fourth-order valence-electron chi connectivity index (χ4n) is 5.42. The summed E-state index contributed by atoms with van der Waals surface area (Å²) in [5.41, 5.74) is 3.68. The molecule has 0 saturated carbocycles. The van der Waals surface area contributed by atoms with E-state index in [1.807, 2.05) is 38.1 Å². The molecule has 4 aromatic rings. The molecular formula is C37H37BrN2O9S. The van der Waals surface area contributed by atoms with Gasteiger partial charge in [-0.15, -0.1) is 0 Å². The van der Waals surface area contributed by atoms with Gasteiger partial charge >= 0.3 is 11.9 Å². The molecule has 13 heteroatoms. The van der Waals surface area contributed by atoms with E-state index in [1.165, 1.54) is 23.0 Å². The van der Waals surface area contributed by atoms with Crippen LogP contribution in [0.2, 0.25) is 0 Å². The zero-order chi connectivity index (χ0) is 35.9. The highest BCUT2D eigenvalue weighted by Gasteiger charge is 2.34. The first-order valence-corrected chi connectivity index (χ1v) is 17.4. The van der Waals surface area contributed by atoms with Gasteiger partial charge in [0.1, 0.15) is 6.61 Å². The molecule has 0 fully saturated rings. The Kier molecular flexibility index (Phi) is 11.8. The predicted molar refractivity (Wildman–Crippen MR) is 192 cm³/mol. The third-order valence-corrected chi connectivity index (χ3v) is 9.39. The van der Waals surface area contributed by atoms with Crippen molar-refractivity contribution in [1.29, 1.82) is 0 Å². The number of nitrogens with zero attached hydrogens (tertiary/aromatic N) is 2. The van der Waals surface area contributed by atoms with Gasteiger partial charge in [-0.25, -0.2) is 14.6 Å². The van der Waals surface area contributed by atoms with Crippen molar-refractivity contribution in [3.05, 3.63) is 112 Å². The number of carbonyl (C=O) groups excluding carboxylic acids is 2. The summed E-state index contributed by atoms with van der Waals surface area (Å²) in [6, 6.07) is 15.8. The molecule has 1 aromatic heterocycles. The SMILES string of the molecule is CCOC(=O)C1=C(C)N=c2s/c(=C\c3cc(OC)c(OCc4cccc(C)c4)cc3Br)c(=O)n2[C@@H]1c1ccc(OCC(=O)OC)c(OCC)c1. The molecule has 2 heterocycles. The van der Waals surface area contributed by atoms with Gasteiger partial charge in [0.15, 0.2) is 34.4 Å². The number of benzene rings is 3. The Bertz CT molecular complexity index is 2140. The zero-order valence-electron chi connectivity index (χ0n) is 28.5. The number of fused-ring (bicyclic) bond motifs is 1. The van der Waals surface area contributed by atoms with Crippen LogP contribution in [0.3, 0.4) is 0 Å². The summed E-state index contributed by atoms with van der Waals surface area (Å²) in [5, 5.41) is 0. The molecule has 5 rings (SSSR count). The molecule has 0 saturated heterocycles. The average Bonchev–Trinajstić information content (AvgIpc) is 3.40. The average molecular weight is 766 g/mol. The second-order valence-electron chi connectivity index (χ2n) is 11.1. The van der Waals surface area contributed by atoms with Crippen molar-refractivity contribution in [1.82, 2.24) is 4.57 Å². The smallest absolute Gasteiger partial charge is 0.343 e. The minimum atomic E-state index is -0.892. The van der Waals surface area contributed by atoms with Gasteiger partial charge in [-0.3, -0.25) is 9.36 Å². The molecular weight excluding hydrogens is 728 g/mol. The number of ether oxygens (including phenoxy) is 6. The van der Waals surface area contributed by atoms with Crippen LogP contribution in [0.4, 0.5) is 0 Å². The van der Waals surface area contributed by atoms with Crippen molar-refractivity contribution in [2.75, 3.05) is 34.0 Å². The van der Waals surface area contributed by atoms with Crippen molar-refractivity contribution < 1.29 is 38.0 Å². The van der Waals surface area contributed by atoms with Crippen LogP contribution in [-0.2, 0) is 25.7 Å². The third kappa shape index (κ3) is 7.95. The standard InChI is InChI=1S/C37H37BrN2O9S/c1-7-46-29-15-24(12-13-27(29)49-20-32(41)45-6)34-33(36(43)47-8-2)22(4)39-37-40(34)35(42)31(50-37)17-25-16-28(44-5)30(18-26(25)38)48-19-23-11-9-10-21(3)14-23/h9-18,34H,7-8,19-20H2,1-6H3/b31-17-/t34-/m1/s1. The Labute approximate surface area is 301 Å². The zero-order valence-corrected chi connectivity index (χ0v) is 30.9. The van der Waals surface area contributed by atoms with Gasteiger partial charge in [0.2, 0.25) is 0 Å². The number of allylic oxidation sites excluding steroid dienone is 1. The van der Waals surface area contributed by atoms with E-state index in [0.29, 0.717) is 66.8 Å². The maximum Gasteiger partial charge on any atom is 0.343 e. The predicted octanol–water partition coefficient (Wildman–Crippen LogP) is 5.41. The first-order chi connectivity index (χ1) is 24.1. The number of esters is 2. The van der Waals surface area contributed by atoms with Crippen LogP contribution in [0.15, 0.2) is 80.1 Å². The first-order valence-electron chi connectivity index (χ1n) is 15.8. The van der Waals surface area contributed by atoms with Gasteiger partial charge in [-0.05, 0) is 74.7 Å². The van der Waals surface area contributed by atoms with E-state index in [0.717, 1.165) is 11.1 Å². The topological polar surface area (TPSA) is 124 Å². The first kappa shape index (κ1) is 36.4. The number of rotatable bonds is 13. The van der Waals surface area contributed by atoms with E-state index >= 15 is 0 Å². The van der Waals surface area contributed by atoms with E-state index in [1.54, 1.807) is 51.3 Å². The molecule has 1 aliphatic heterocycles. The van der Waals surface area contributed by atoms with Crippen LogP contribution in [0, 0.1) is 6.92 Å². The summed E-state index contributed by atoms with van der Waals surface area (Å²) in [4.78, 5) is 44.5. The molecule has 0 amide bonds. The molecule has 0 aliphatic carbocycles. The molecule has 0 N–H and O–H groups in total. The lowest BCUT2D eigenvalue weighted by molar-refractivity contribution is -0.143. The summed E-state index contributed by atoms with van der Waals surface area (Å²) < 4.78 is 35.9. The number of aromatic nitrogens is 1. The highest BCUT2D eigenvalue weighted by Crippen LogP contribution is 2.37. The minimum Gasteiger partial charge on any atom is -0.493 e. The van der Waals surface area contributed by atoms with Crippen LogP contribution in [-0.4, -0.2) is 50.5 Å². The molecule has 0 spiro atoms. The van der Waals surface area contributed by atoms with E-state index in [2.05, 4.69) is 27.0 Å². The molecule has 262 valence electrons. The molecule has 50 heavy (non-hydrogen) atoms. The summed E-state index contributed by atoms with van der Waals surface area (Å²) in [5.74, 6) is 0.521. The van der Waals surface area contributed by atoms with E-state index in [4.69, 9.17) is 28.4 Å². The van der Waals surface area contributed by atoms with Gasteiger partial charge in [0, 0.05) is 4.47 Å². The Hall–Kier alpha value is -4.88. The molecule has 3 aromatic carbocycles. The molecule has 1 aliphatic rings. The monoisotopic (exact) mass is 764 g/mol. The Balaban J connectivity index is 1.59. The van der Waals surface area contributed by atoms with E-state index in [9.17, 15) is 14.4 Å². The highest BCUT2D eigenvalue weighted by molar-refractivity contribution is 9.10. The third-order valence-electron chi connectivity index (χ3n) is 7.72. The van der Waals surface area contributed by atoms with Gasteiger partial charge in [-0.1, -0.05) is 63.2 Å². The number of hydrogen-bond acceptors (Lipinski definition) is 11. The van der Waals surface area contributed by atoms with Crippen molar-refractivity contribution in [3.8, 4) is 23.0 Å². The Morgan fingerprint density at radius 1 is 0.940 bits per heavy atom. The fraction of sp³-hybridized carbons (Fsp3) is 0.297. The maximum atomic E-state index is 14.3. The van der Waals surface area contributed by atoms with Crippen LogP contribution >= 0.6 is 27.3 Å². The minimum absolute atomic E-state index is 0.137. The van der Waals surface area contributed by atoms with Gasteiger partial charge < -0.3 is 28.4 Å². The number of carbonyl (C=O) groups is 2. The van der Waals surface area contributed by atoms with Crippen molar-refractivity contribution >= 4 is 45.3 Å². The number of methoxy groups -OCH3 is 2.